The zero-order valence-electron chi connectivity index (χ0n) is 12.9. The molecule has 1 unspecified atom stereocenters. The van der Waals surface area contributed by atoms with E-state index in [-0.39, 0.29) is 0 Å². The fourth-order valence-electron chi connectivity index (χ4n) is 3.08. The fraction of sp³-hybridized carbons (Fsp3) is 0.471. The summed E-state index contributed by atoms with van der Waals surface area (Å²) in [5.41, 5.74) is 4.94. The molecule has 0 saturated carbocycles. The van der Waals surface area contributed by atoms with E-state index in [2.05, 4.69) is 58.7 Å². The van der Waals surface area contributed by atoms with Crippen LogP contribution < -0.4 is 5.32 Å². The second kappa shape index (κ2) is 6.41. The van der Waals surface area contributed by atoms with E-state index in [0.717, 1.165) is 18.8 Å². The van der Waals surface area contributed by atoms with Gasteiger partial charge in [0.05, 0.1) is 11.9 Å². The van der Waals surface area contributed by atoms with E-state index in [1.807, 2.05) is 6.20 Å². The number of likely N-dealkylation sites (N-methyl/N-ethyl adjacent to an activating group) is 1. The van der Waals surface area contributed by atoms with Crippen LogP contribution in [0.25, 0.3) is 11.3 Å². The van der Waals surface area contributed by atoms with Gasteiger partial charge in [-0.05, 0) is 38.9 Å². The first-order valence-corrected chi connectivity index (χ1v) is 7.75. The Labute approximate surface area is 126 Å². The third kappa shape index (κ3) is 3.34. The van der Waals surface area contributed by atoms with Crippen molar-refractivity contribution < 1.29 is 0 Å². The predicted octanol–water partition coefficient (Wildman–Crippen LogP) is 2.57. The quantitative estimate of drug-likeness (QED) is 0.907. The van der Waals surface area contributed by atoms with Crippen molar-refractivity contribution in [1.82, 2.24) is 20.4 Å². The molecule has 2 N–H and O–H groups in total. The molecule has 0 spiro atoms. The van der Waals surface area contributed by atoms with E-state index < -0.39 is 0 Å². The maximum atomic E-state index is 4.26. The number of nitrogens with one attached hydrogen (secondary N) is 2. The van der Waals surface area contributed by atoms with Crippen LogP contribution >= 0.6 is 0 Å². The Bertz CT molecular complexity index is 573. The second-order valence-electron chi connectivity index (χ2n) is 6.00. The summed E-state index contributed by atoms with van der Waals surface area (Å²) in [7, 11) is 2.06. The van der Waals surface area contributed by atoms with Crippen molar-refractivity contribution in [3.63, 3.8) is 0 Å². The minimum atomic E-state index is 0.619. The van der Waals surface area contributed by atoms with Crippen molar-refractivity contribution in [2.75, 3.05) is 20.1 Å². The minimum Gasteiger partial charge on any atom is -0.316 e. The van der Waals surface area contributed by atoms with Crippen molar-refractivity contribution in [2.24, 2.45) is 0 Å². The molecule has 2 heterocycles. The molecule has 1 saturated heterocycles. The molecule has 1 aromatic heterocycles. The van der Waals surface area contributed by atoms with Crippen molar-refractivity contribution in [3.05, 3.63) is 41.6 Å². The van der Waals surface area contributed by atoms with Gasteiger partial charge in [0.25, 0.3) is 0 Å². The van der Waals surface area contributed by atoms with Crippen LogP contribution in [0.5, 0.6) is 0 Å². The van der Waals surface area contributed by atoms with Gasteiger partial charge in [0.2, 0.25) is 0 Å². The number of aromatic amines is 1. The molecule has 1 aliphatic rings. The molecule has 1 fully saturated rings. The summed E-state index contributed by atoms with van der Waals surface area (Å²) >= 11 is 0. The molecular formula is C17H24N4. The average molecular weight is 284 g/mol. The summed E-state index contributed by atoms with van der Waals surface area (Å²) in [5, 5.41) is 10.8. The van der Waals surface area contributed by atoms with Crippen LogP contribution in [0.3, 0.4) is 0 Å². The van der Waals surface area contributed by atoms with Crippen molar-refractivity contribution in [2.45, 2.75) is 32.4 Å². The third-order valence-electron chi connectivity index (χ3n) is 4.37. The normalized spacial score (nSPS) is 19.8. The first-order chi connectivity index (χ1) is 10.3. The Kier molecular flexibility index (Phi) is 4.36. The lowest BCUT2D eigenvalue weighted by Gasteiger charge is -2.32. The number of likely N-dealkylation sites (tertiary alicyclic amines) is 1. The lowest BCUT2D eigenvalue weighted by molar-refractivity contribution is 0.188. The number of benzene rings is 1. The number of aryl methyl sites for hydroxylation is 1. The van der Waals surface area contributed by atoms with Crippen LogP contribution in [0.1, 0.15) is 24.0 Å². The Balaban J connectivity index is 1.75. The van der Waals surface area contributed by atoms with Crippen LogP contribution in [-0.4, -0.2) is 41.3 Å². The number of nitrogens with zero attached hydrogens (tertiary/aromatic N) is 2. The average Bonchev–Trinajstić information content (AvgIpc) is 2.96. The molecule has 3 rings (SSSR count). The third-order valence-corrected chi connectivity index (χ3v) is 4.37. The number of piperidine rings is 1. The smallest absolute Gasteiger partial charge is 0.0695 e. The van der Waals surface area contributed by atoms with Gasteiger partial charge in [0, 0.05) is 24.7 Å². The summed E-state index contributed by atoms with van der Waals surface area (Å²) in [6, 6.07) is 9.25. The highest BCUT2D eigenvalue weighted by molar-refractivity contribution is 5.62. The van der Waals surface area contributed by atoms with E-state index in [1.54, 1.807) is 0 Å². The largest absolute Gasteiger partial charge is 0.316 e. The molecule has 21 heavy (non-hydrogen) atoms. The van der Waals surface area contributed by atoms with Gasteiger partial charge in [-0.25, -0.2) is 0 Å². The molecule has 1 aromatic carbocycles. The molecule has 112 valence electrons. The fourth-order valence-corrected chi connectivity index (χ4v) is 3.08. The van der Waals surface area contributed by atoms with Gasteiger partial charge in [-0.15, -0.1) is 0 Å². The van der Waals surface area contributed by atoms with Crippen LogP contribution in [0, 0.1) is 6.92 Å². The zero-order valence-corrected chi connectivity index (χ0v) is 12.9. The molecule has 1 atom stereocenters. The number of rotatable bonds is 4. The monoisotopic (exact) mass is 284 g/mol. The molecule has 0 bridgehead atoms. The number of hydrogen-bond acceptors (Lipinski definition) is 3. The van der Waals surface area contributed by atoms with Gasteiger partial charge < -0.3 is 5.32 Å². The molecule has 0 aliphatic carbocycles. The van der Waals surface area contributed by atoms with Crippen LogP contribution in [0.4, 0.5) is 0 Å². The summed E-state index contributed by atoms with van der Waals surface area (Å²) < 4.78 is 0. The summed E-state index contributed by atoms with van der Waals surface area (Å²) in [6.07, 6.45) is 4.52. The molecule has 2 aromatic rings. The zero-order chi connectivity index (χ0) is 14.7. The lowest BCUT2D eigenvalue weighted by atomic mass is 10.0. The maximum absolute atomic E-state index is 4.26. The molecule has 4 nitrogen and oxygen atoms in total. The van der Waals surface area contributed by atoms with Gasteiger partial charge >= 0.3 is 0 Å². The SMILES string of the molecule is CNC1CCCN(Cc2cn[nH]c2-c2ccc(C)cc2)C1. The number of aromatic nitrogens is 2. The Morgan fingerprint density at radius 2 is 2.14 bits per heavy atom. The van der Waals surface area contributed by atoms with Crippen molar-refractivity contribution >= 4 is 0 Å². The lowest BCUT2D eigenvalue weighted by Crippen LogP contribution is -2.43. The standard InChI is InChI=1S/C17H24N4/c1-13-5-7-14(8-6-13)17-15(10-19-20-17)11-21-9-3-4-16(12-21)18-2/h5-8,10,16,18H,3-4,9,11-12H2,1-2H3,(H,19,20). The minimum absolute atomic E-state index is 0.619. The Hall–Kier alpha value is -1.65. The highest BCUT2D eigenvalue weighted by Crippen LogP contribution is 2.23. The summed E-state index contributed by atoms with van der Waals surface area (Å²) in [6.45, 7) is 5.38. The van der Waals surface area contributed by atoms with E-state index in [1.165, 1.54) is 36.1 Å². The second-order valence-corrected chi connectivity index (χ2v) is 6.00. The molecular weight excluding hydrogens is 260 g/mol. The van der Waals surface area contributed by atoms with Crippen molar-refractivity contribution in [3.8, 4) is 11.3 Å². The highest BCUT2D eigenvalue weighted by Gasteiger charge is 2.20. The predicted molar refractivity (Wildman–Crippen MR) is 86.1 cm³/mol. The van der Waals surface area contributed by atoms with Gasteiger partial charge in [0.15, 0.2) is 0 Å². The van der Waals surface area contributed by atoms with Crippen LogP contribution in [0.2, 0.25) is 0 Å². The van der Waals surface area contributed by atoms with E-state index in [0.29, 0.717) is 6.04 Å². The highest BCUT2D eigenvalue weighted by atomic mass is 15.2. The summed E-state index contributed by atoms with van der Waals surface area (Å²) in [5.74, 6) is 0. The molecule has 0 radical (unpaired) electrons. The van der Waals surface area contributed by atoms with Gasteiger partial charge in [-0.1, -0.05) is 29.8 Å². The van der Waals surface area contributed by atoms with E-state index in [4.69, 9.17) is 0 Å². The first-order valence-electron chi connectivity index (χ1n) is 7.75. The van der Waals surface area contributed by atoms with Crippen LogP contribution in [-0.2, 0) is 6.54 Å². The van der Waals surface area contributed by atoms with Crippen molar-refractivity contribution in [1.29, 1.82) is 0 Å². The van der Waals surface area contributed by atoms with E-state index >= 15 is 0 Å². The number of H-pyrrole nitrogens is 1. The molecule has 1 aliphatic heterocycles. The molecule has 0 amide bonds. The Morgan fingerprint density at radius 3 is 2.90 bits per heavy atom. The number of hydrogen-bond donors (Lipinski definition) is 2. The maximum Gasteiger partial charge on any atom is 0.0695 e. The first kappa shape index (κ1) is 14.3. The van der Waals surface area contributed by atoms with Crippen LogP contribution in [0.15, 0.2) is 30.5 Å². The molecule has 4 heteroatoms. The van der Waals surface area contributed by atoms with Gasteiger partial charge in [-0.3, -0.25) is 10.00 Å². The Morgan fingerprint density at radius 1 is 1.33 bits per heavy atom. The van der Waals surface area contributed by atoms with E-state index in [9.17, 15) is 0 Å². The topological polar surface area (TPSA) is 44.0 Å². The van der Waals surface area contributed by atoms with Gasteiger partial charge in [0.1, 0.15) is 0 Å². The summed E-state index contributed by atoms with van der Waals surface area (Å²) in [4.78, 5) is 2.52. The van der Waals surface area contributed by atoms with Gasteiger partial charge in [-0.2, -0.15) is 5.10 Å².